The van der Waals surface area contributed by atoms with Gasteiger partial charge in [0, 0.05) is 0 Å². The zero-order valence-corrected chi connectivity index (χ0v) is 10.4. The van der Waals surface area contributed by atoms with Crippen LogP contribution in [-0.4, -0.2) is 13.0 Å². The minimum Gasteiger partial charge on any atom is -0.496 e. The molecule has 1 amide bonds. The van der Waals surface area contributed by atoms with E-state index in [0.29, 0.717) is 11.3 Å². The SMILES string of the molecule is COc1c(C(N)=O)ccc(-c2ccccc2)c1C. The second kappa shape index (κ2) is 4.92. The smallest absolute Gasteiger partial charge is 0.252 e. The van der Waals surface area contributed by atoms with Gasteiger partial charge in [-0.25, -0.2) is 0 Å². The molecule has 0 aromatic heterocycles. The summed E-state index contributed by atoms with van der Waals surface area (Å²) in [5, 5.41) is 0. The summed E-state index contributed by atoms with van der Waals surface area (Å²) >= 11 is 0. The van der Waals surface area contributed by atoms with E-state index in [1.807, 2.05) is 43.3 Å². The number of carbonyl (C=O) groups is 1. The van der Waals surface area contributed by atoms with Crippen molar-refractivity contribution in [2.45, 2.75) is 6.92 Å². The Morgan fingerprint density at radius 3 is 2.33 bits per heavy atom. The summed E-state index contributed by atoms with van der Waals surface area (Å²) in [5.41, 5.74) is 8.78. The molecule has 0 aliphatic heterocycles. The number of nitrogens with two attached hydrogens (primary N) is 1. The molecular weight excluding hydrogens is 226 g/mol. The molecular formula is C15H15NO2. The van der Waals surface area contributed by atoms with E-state index in [1.54, 1.807) is 13.2 Å². The van der Waals surface area contributed by atoms with E-state index in [0.717, 1.165) is 16.7 Å². The summed E-state index contributed by atoms with van der Waals surface area (Å²) in [5.74, 6) is 0.0680. The second-order valence-electron chi connectivity index (χ2n) is 4.05. The molecule has 0 bridgehead atoms. The third-order valence-electron chi connectivity index (χ3n) is 2.96. The van der Waals surface area contributed by atoms with Gasteiger partial charge in [-0.1, -0.05) is 36.4 Å². The number of hydrogen-bond acceptors (Lipinski definition) is 2. The van der Waals surface area contributed by atoms with Crippen LogP contribution in [0.5, 0.6) is 5.75 Å². The Bertz CT molecular complexity index is 577. The molecule has 2 rings (SSSR count). The minimum absolute atomic E-state index is 0.412. The van der Waals surface area contributed by atoms with Gasteiger partial charge in [-0.05, 0) is 29.7 Å². The average Bonchev–Trinajstić information content (AvgIpc) is 2.39. The number of primary amides is 1. The van der Waals surface area contributed by atoms with Crippen LogP contribution in [-0.2, 0) is 0 Å². The first-order valence-electron chi connectivity index (χ1n) is 5.68. The van der Waals surface area contributed by atoms with Crippen molar-refractivity contribution in [3.8, 4) is 16.9 Å². The number of methoxy groups -OCH3 is 1. The van der Waals surface area contributed by atoms with E-state index in [1.165, 1.54) is 0 Å². The number of ether oxygens (including phenoxy) is 1. The molecule has 0 spiro atoms. The Kier molecular flexibility index (Phi) is 3.33. The van der Waals surface area contributed by atoms with E-state index in [4.69, 9.17) is 10.5 Å². The largest absolute Gasteiger partial charge is 0.496 e. The van der Waals surface area contributed by atoms with Crippen molar-refractivity contribution in [1.82, 2.24) is 0 Å². The molecule has 2 aromatic rings. The van der Waals surface area contributed by atoms with Crippen LogP contribution >= 0.6 is 0 Å². The standard InChI is InChI=1S/C15H15NO2/c1-10-12(11-6-4-3-5-7-11)8-9-13(15(16)17)14(10)18-2/h3-9H,1-2H3,(H2,16,17). The predicted octanol–water partition coefficient (Wildman–Crippen LogP) is 2.77. The van der Waals surface area contributed by atoms with Gasteiger partial charge in [0.25, 0.3) is 5.91 Å². The van der Waals surface area contributed by atoms with E-state index in [9.17, 15) is 4.79 Å². The maximum Gasteiger partial charge on any atom is 0.252 e. The van der Waals surface area contributed by atoms with E-state index in [-0.39, 0.29) is 0 Å². The zero-order chi connectivity index (χ0) is 13.1. The maximum atomic E-state index is 11.3. The van der Waals surface area contributed by atoms with Crippen molar-refractivity contribution in [2.24, 2.45) is 5.73 Å². The monoisotopic (exact) mass is 241 g/mol. The Morgan fingerprint density at radius 1 is 1.11 bits per heavy atom. The fourth-order valence-electron chi connectivity index (χ4n) is 2.08. The first kappa shape index (κ1) is 12.2. The Hall–Kier alpha value is -2.29. The summed E-state index contributed by atoms with van der Waals surface area (Å²) < 4.78 is 5.30. The average molecular weight is 241 g/mol. The van der Waals surface area contributed by atoms with Gasteiger partial charge in [0.05, 0.1) is 12.7 Å². The molecule has 18 heavy (non-hydrogen) atoms. The van der Waals surface area contributed by atoms with Crippen LogP contribution in [0, 0.1) is 6.92 Å². The summed E-state index contributed by atoms with van der Waals surface area (Å²) in [7, 11) is 1.55. The van der Waals surface area contributed by atoms with E-state index in [2.05, 4.69) is 0 Å². The maximum absolute atomic E-state index is 11.3. The molecule has 2 N–H and O–H groups in total. The van der Waals surface area contributed by atoms with Gasteiger partial charge in [0.2, 0.25) is 0 Å². The molecule has 3 heteroatoms. The molecule has 92 valence electrons. The van der Waals surface area contributed by atoms with Crippen LogP contribution in [0.25, 0.3) is 11.1 Å². The molecule has 2 aromatic carbocycles. The van der Waals surface area contributed by atoms with Crippen molar-refractivity contribution in [3.05, 3.63) is 53.6 Å². The van der Waals surface area contributed by atoms with E-state index < -0.39 is 5.91 Å². The van der Waals surface area contributed by atoms with Crippen LogP contribution in [0.1, 0.15) is 15.9 Å². The minimum atomic E-state index is -0.477. The first-order chi connectivity index (χ1) is 8.65. The molecule has 0 heterocycles. The lowest BCUT2D eigenvalue weighted by molar-refractivity contribution is 0.0997. The molecule has 0 radical (unpaired) electrons. The summed E-state index contributed by atoms with van der Waals surface area (Å²) in [6, 6.07) is 13.6. The lowest BCUT2D eigenvalue weighted by atomic mass is 9.97. The van der Waals surface area contributed by atoms with Crippen LogP contribution in [0.2, 0.25) is 0 Å². The number of benzene rings is 2. The summed E-state index contributed by atoms with van der Waals surface area (Å²) in [6.45, 7) is 1.92. The molecule has 0 saturated carbocycles. The third-order valence-corrected chi connectivity index (χ3v) is 2.96. The van der Waals surface area contributed by atoms with Crippen molar-refractivity contribution in [2.75, 3.05) is 7.11 Å². The van der Waals surface area contributed by atoms with Gasteiger partial charge < -0.3 is 10.5 Å². The Labute approximate surface area is 106 Å². The zero-order valence-electron chi connectivity index (χ0n) is 10.4. The fraction of sp³-hybridized carbons (Fsp3) is 0.133. The Balaban J connectivity index is 2.62. The lowest BCUT2D eigenvalue weighted by Gasteiger charge is -2.13. The van der Waals surface area contributed by atoms with Crippen LogP contribution in [0.15, 0.2) is 42.5 Å². The van der Waals surface area contributed by atoms with Crippen molar-refractivity contribution in [3.63, 3.8) is 0 Å². The highest BCUT2D eigenvalue weighted by Crippen LogP contribution is 2.32. The molecule has 0 aliphatic rings. The quantitative estimate of drug-likeness (QED) is 0.898. The van der Waals surface area contributed by atoms with Crippen LogP contribution < -0.4 is 10.5 Å². The van der Waals surface area contributed by atoms with Gasteiger partial charge in [0.15, 0.2) is 0 Å². The highest BCUT2D eigenvalue weighted by atomic mass is 16.5. The number of hydrogen-bond donors (Lipinski definition) is 1. The highest BCUT2D eigenvalue weighted by molar-refractivity contribution is 5.97. The first-order valence-corrected chi connectivity index (χ1v) is 5.68. The molecule has 0 fully saturated rings. The van der Waals surface area contributed by atoms with Gasteiger partial charge in [-0.2, -0.15) is 0 Å². The molecule has 0 atom stereocenters. The Morgan fingerprint density at radius 2 is 1.78 bits per heavy atom. The lowest BCUT2D eigenvalue weighted by Crippen LogP contribution is -2.13. The van der Waals surface area contributed by atoms with Gasteiger partial charge >= 0.3 is 0 Å². The summed E-state index contributed by atoms with van der Waals surface area (Å²) in [6.07, 6.45) is 0. The number of carbonyl (C=O) groups excluding carboxylic acids is 1. The molecule has 3 nitrogen and oxygen atoms in total. The molecule has 0 saturated heterocycles. The fourth-order valence-corrected chi connectivity index (χ4v) is 2.08. The third kappa shape index (κ3) is 2.07. The number of amides is 1. The van der Waals surface area contributed by atoms with Crippen molar-refractivity contribution < 1.29 is 9.53 Å². The topological polar surface area (TPSA) is 52.3 Å². The number of rotatable bonds is 3. The van der Waals surface area contributed by atoms with Gasteiger partial charge in [0.1, 0.15) is 5.75 Å². The molecule has 0 aliphatic carbocycles. The van der Waals surface area contributed by atoms with Gasteiger partial charge in [-0.3, -0.25) is 4.79 Å². The summed E-state index contributed by atoms with van der Waals surface area (Å²) in [4.78, 5) is 11.3. The van der Waals surface area contributed by atoms with E-state index >= 15 is 0 Å². The normalized spacial score (nSPS) is 10.1. The van der Waals surface area contributed by atoms with Crippen LogP contribution in [0.3, 0.4) is 0 Å². The van der Waals surface area contributed by atoms with Crippen molar-refractivity contribution >= 4 is 5.91 Å². The van der Waals surface area contributed by atoms with Crippen molar-refractivity contribution in [1.29, 1.82) is 0 Å². The van der Waals surface area contributed by atoms with Gasteiger partial charge in [-0.15, -0.1) is 0 Å². The highest BCUT2D eigenvalue weighted by Gasteiger charge is 2.14. The second-order valence-corrected chi connectivity index (χ2v) is 4.05. The van der Waals surface area contributed by atoms with Crippen LogP contribution in [0.4, 0.5) is 0 Å². The molecule has 0 unspecified atom stereocenters. The predicted molar refractivity (Wildman–Crippen MR) is 71.7 cm³/mol.